The van der Waals surface area contributed by atoms with Gasteiger partial charge in [0.15, 0.2) is 34.5 Å². The van der Waals surface area contributed by atoms with Gasteiger partial charge in [-0.2, -0.15) is 0 Å². The molecule has 4 aromatic rings. The summed E-state index contributed by atoms with van der Waals surface area (Å²) in [5, 5.41) is 10.6. The van der Waals surface area contributed by atoms with Gasteiger partial charge in [0.1, 0.15) is 5.75 Å². The van der Waals surface area contributed by atoms with Crippen molar-refractivity contribution in [2.45, 2.75) is 25.7 Å². The molecule has 0 radical (unpaired) electrons. The number of hydrogen-bond donors (Lipinski definition) is 1. The summed E-state index contributed by atoms with van der Waals surface area (Å²) >= 11 is 0. The van der Waals surface area contributed by atoms with Crippen LogP contribution in [0.4, 0.5) is 0 Å². The van der Waals surface area contributed by atoms with E-state index in [0.29, 0.717) is 66.2 Å². The number of methoxy groups -OCH3 is 3. The zero-order valence-electron chi connectivity index (χ0n) is 24.4. The molecule has 0 fully saturated rings. The van der Waals surface area contributed by atoms with E-state index in [-0.39, 0.29) is 5.75 Å². The lowest BCUT2D eigenvalue weighted by molar-refractivity contribution is 0.328. The normalized spacial score (nSPS) is 15.0. The number of aliphatic imine (C=N–C) groups is 2. The lowest BCUT2D eigenvalue weighted by Crippen LogP contribution is -2.18. The molecule has 0 saturated heterocycles. The van der Waals surface area contributed by atoms with Crippen LogP contribution in [-0.4, -0.2) is 50.9 Å². The Balaban J connectivity index is 1.45. The van der Waals surface area contributed by atoms with E-state index < -0.39 is 0 Å². The second-order valence-corrected chi connectivity index (χ2v) is 10.8. The van der Waals surface area contributed by atoms with Crippen LogP contribution in [0.25, 0.3) is 0 Å². The van der Waals surface area contributed by atoms with Crippen molar-refractivity contribution in [2.24, 2.45) is 9.98 Å². The van der Waals surface area contributed by atoms with Crippen LogP contribution in [0.15, 0.2) is 70.6 Å². The maximum atomic E-state index is 10.6. The first-order chi connectivity index (χ1) is 21.0. The van der Waals surface area contributed by atoms with Crippen molar-refractivity contribution in [3.8, 4) is 46.0 Å². The Morgan fingerprint density at radius 1 is 0.674 bits per heavy atom. The molecule has 0 spiro atoms. The van der Waals surface area contributed by atoms with Crippen molar-refractivity contribution in [3.05, 3.63) is 94.0 Å². The molecule has 43 heavy (non-hydrogen) atoms. The molecule has 0 amide bonds. The number of phenols is 1. The number of nitrogens with zero attached hydrogens (tertiary/aromatic N) is 2. The highest BCUT2D eigenvalue weighted by molar-refractivity contribution is 6.07. The molecule has 4 aliphatic rings. The van der Waals surface area contributed by atoms with E-state index in [4.69, 9.17) is 33.7 Å². The minimum Gasteiger partial charge on any atom is -0.504 e. The molecular weight excluding hydrogens is 544 g/mol. The van der Waals surface area contributed by atoms with Crippen molar-refractivity contribution in [3.63, 3.8) is 0 Å². The largest absolute Gasteiger partial charge is 0.504 e. The number of ether oxygens (including phenoxy) is 5. The fourth-order valence-electron chi connectivity index (χ4n) is 6.07. The van der Waals surface area contributed by atoms with Gasteiger partial charge in [-0.15, -0.1) is 0 Å². The average Bonchev–Trinajstić information content (AvgIpc) is 3.03. The fourth-order valence-corrected chi connectivity index (χ4v) is 6.07. The molecule has 4 heterocycles. The summed E-state index contributed by atoms with van der Waals surface area (Å²) in [6.45, 7) is 1.34. The van der Waals surface area contributed by atoms with Crippen molar-refractivity contribution in [1.82, 2.24) is 0 Å². The van der Waals surface area contributed by atoms with Crippen LogP contribution >= 0.6 is 0 Å². The van der Waals surface area contributed by atoms with Gasteiger partial charge in [-0.1, -0.05) is 18.2 Å². The minimum absolute atomic E-state index is 0.0821. The van der Waals surface area contributed by atoms with Crippen molar-refractivity contribution < 1.29 is 28.8 Å². The van der Waals surface area contributed by atoms with E-state index in [1.54, 1.807) is 27.4 Å². The molecule has 1 N–H and O–H groups in total. The Hall–Kier alpha value is -4.98. The molecule has 4 aromatic carbocycles. The van der Waals surface area contributed by atoms with Gasteiger partial charge in [0, 0.05) is 42.8 Å². The third kappa shape index (κ3) is 4.92. The molecule has 0 saturated carbocycles. The quantitative estimate of drug-likeness (QED) is 0.300. The van der Waals surface area contributed by atoms with E-state index >= 15 is 0 Å². The standard InChI is InChI=1S/C35H32N2O6/c1-39-30-17-22-10-12-36-26-15-21-6-9-28(38)29(16-21)42-24-7-4-20(5-8-24)14-27-33-23(11-13-37-27)18-32(40-2)34(41-3)35(33)43-31(30)19-25(22)26/h4-9,16-19,38H,10-15H2,1-3H3. The Labute approximate surface area is 250 Å². The molecule has 8 heteroatoms. The molecule has 8 nitrogen and oxygen atoms in total. The molecule has 8 rings (SSSR count). The number of phenolic OH excluding ortho intramolecular Hbond substituents is 1. The highest BCUT2D eigenvalue weighted by atomic mass is 16.5. The number of fused-ring (bicyclic) bond motifs is 2. The molecule has 0 aromatic heterocycles. The summed E-state index contributed by atoms with van der Waals surface area (Å²) in [5.41, 5.74) is 7.98. The van der Waals surface area contributed by atoms with Crippen LogP contribution in [0.5, 0.6) is 46.0 Å². The topological polar surface area (TPSA) is 91.1 Å². The van der Waals surface area contributed by atoms with E-state index in [9.17, 15) is 5.11 Å². The van der Waals surface area contributed by atoms with Crippen molar-refractivity contribution in [1.29, 1.82) is 0 Å². The summed E-state index contributed by atoms with van der Waals surface area (Å²) in [6, 6.07) is 19.4. The van der Waals surface area contributed by atoms with Crippen LogP contribution in [-0.2, 0) is 25.7 Å². The zero-order valence-corrected chi connectivity index (χ0v) is 24.4. The molecule has 218 valence electrons. The van der Waals surface area contributed by atoms with E-state index in [1.807, 2.05) is 54.6 Å². The van der Waals surface area contributed by atoms with Crippen molar-refractivity contribution >= 4 is 11.4 Å². The summed E-state index contributed by atoms with van der Waals surface area (Å²) in [7, 11) is 4.91. The van der Waals surface area contributed by atoms with E-state index in [0.717, 1.165) is 57.6 Å². The fraction of sp³-hybridized carbons (Fsp3) is 0.257. The smallest absolute Gasteiger partial charge is 0.204 e. The third-order valence-electron chi connectivity index (χ3n) is 8.19. The Bertz CT molecular complexity index is 1790. The van der Waals surface area contributed by atoms with Crippen LogP contribution in [0.1, 0.15) is 33.4 Å². The lowest BCUT2D eigenvalue weighted by atomic mass is 9.91. The predicted octanol–water partition coefficient (Wildman–Crippen LogP) is 6.49. The van der Waals surface area contributed by atoms with Crippen LogP contribution in [0.3, 0.4) is 0 Å². The Morgan fingerprint density at radius 3 is 2.14 bits per heavy atom. The maximum Gasteiger partial charge on any atom is 0.204 e. The van der Waals surface area contributed by atoms with Crippen LogP contribution in [0.2, 0.25) is 0 Å². The highest BCUT2D eigenvalue weighted by Gasteiger charge is 2.29. The first kappa shape index (κ1) is 26.9. The summed E-state index contributed by atoms with van der Waals surface area (Å²) in [4.78, 5) is 9.87. The Kier molecular flexibility index (Phi) is 6.89. The first-order valence-corrected chi connectivity index (χ1v) is 14.4. The third-order valence-corrected chi connectivity index (χ3v) is 8.19. The van der Waals surface area contributed by atoms with Gasteiger partial charge in [-0.05, 0) is 77.6 Å². The van der Waals surface area contributed by atoms with Crippen LogP contribution in [0, 0.1) is 0 Å². The average molecular weight is 577 g/mol. The SMILES string of the molecule is COc1cc2c3cc1Oc1c(OC)c(OC)cc4c1C(=NCC4)Cc1ccc(cc1)Oc1cc(ccc1O)CC3=NCC2. The molecule has 6 bridgehead atoms. The second kappa shape index (κ2) is 11.0. The summed E-state index contributed by atoms with van der Waals surface area (Å²) in [5.74, 6) is 3.94. The molecule has 4 aliphatic heterocycles. The van der Waals surface area contributed by atoms with Gasteiger partial charge in [0.05, 0.1) is 27.0 Å². The molecule has 0 aliphatic carbocycles. The van der Waals surface area contributed by atoms with Gasteiger partial charge in [0.2, 0.25) is 5.75 Å². The molecule has 0 unspecified atom stereocenters. The number of benzene rings is 4. The molecular formula is C35H32N2O6. The van der Waals surface area contributed by atoms with Gasteiger partial charge >= 0.3 is 0 Å². The summed E-state index contributed by atoms with van der Waals surface area (Å²) < 4.78 is 30.5. The monoisotopic (exact) mass is 576 g/mol. The maximum absolute atomic E-state index is 10.6. The van der Waals surface area contributed by atoms with Crippen LogP contribution < -0.4 is 23.7 Å². The number of rotatable bonds is 3. The van der Waals surface area contributed by atoms with E-state index in [2.05, 4.69) is 0 Å². The molecule has 0 atom stereocenters. The van der Waals surface area contributed by atoms with Gasteiger partial charge in [0.25, 0.3) is 0 Å². The lowest BCUT2D eigenvalue weighted by Gasteiger charge is -2.26. The number of hydrogen-bond acceptors (Lipinski definition) is 8. The van der Waals surface area contributed by atoms with Gasteiger partial charge in [-0.3, -0.25) is 9.98 Å². The number of aromatic hydroxyl groups is 1. The first-order valence-electron chi connectivity index (χ1n) is 14.4. The van der Waals surface area contributed by atoms with E-state index in [1.165, 1.54) is 0 Å². The highest BCUT2D eigenvalue weighted by Crippen LogP contribution is 2.48. The van der Waals surface area contributed by atoms with Gasteiger partial charge in [-0.25, -0.2) is 0 Å². The second-order valence-electron chi connectivity index (χ2n) is 10.8. The Morgan fingerprint density at radius 2 is 1.37 bits per heavy atom. The van der Waals surface area contributed by atoms with Crippen molar-refractivity contribution in [2.75, 3.05) is 34.4 Å². The predicted molar refractivity (Wildman–Crippen MR) is 165 cm³/mol. The summed E-state index contributed by atoms with van der Waals surface area (Å²) in [6.07, 6.45) is 2.69. The van der Waals surface area contributed by atoms with Gasteiger partial charge < -0.3 is 28.8 Å². The minimum atomic E-state index is 0.0821. The zero-order chi connectivity index (χ0) is 29.5.